The lowest BCUT2D eigenvalue weighted by Gasteiger charge is -2.43. The van der Waals surface area contributed by atoms with Crippen molar-refractivity contribution in [3.8, 4) is 0 Å². The van der Waals surface area contributed by atoms with Gasteiger partial charge in [-0.25, -0.2) is 8.42 Å². The Hall–Kier alpha value is -2.87. The Morgan fingerprint density at radius 3 is 2.05 bits per heavy atom. The van der Waals surface area contributed by atoms with E-state index >= 15 is 0 Å². The molecule has 2 fully saturated rings. The molecule has 1 saturated carbocycles. The van der Waals surface area contributed by atoms with Crippen LogP contribution < -0.4 is 0 Å². The fraction of sp³-hybridized carbons (Fsp3) is 0.517. The second-order valence-corrected chi connectivity index (χ2v) is 14.2. The summed E-state index contributed by atoms with van der Waals surface area (Å²) in [6.45, 7) is -0.0569. The number of aliphatic carboxylic acids is 1. The zero-order valence-electron chi connectivity index (χ0n) is 22.9. The van der Waals surface area contributed by atoms with Gasteiger partial charge in [0.2, 0.25) is 5.91 Å². The first-order chi connectivity index (χ1) is 20.4. The third-order valence-corrected chi connectivity index (χ3v) is 12.1. The van der Waals surface area contributed by atoms with Crippen LogP contribution in [0.25, 0.3) is 0 Å². The van der Waals surface area contributed by atoms with Crippen molar-refractivity contribution in [2.75, 3.05) is 6.54 Å². The lowest BCUT2D eigenvalue weighted by atomic mass is 9.77. The second kappa shape index (κ2) is 10.9. The van der Waals surface area contributed by atoms with Gasteiger partial charge in [0.15, 0.2) is 9.84 Å². The largest absolute Gasteiger partial charge is 0.481 e. The Balaban J connectivity index is 1.59. The first-order valence-electron chi connectivity index (χ1n) is 13.9. The Morgan fingerprint density at radius 2 is 1.48 bits per heavy atom. The minimum Gasteiger partial charge on any atom is -0.481 e. The molecule has 3 aliphatic rings. The van der Waals surface area contributed by atoms with Crippen molar-refractivity contribution in [1.82, 2.24) is 4.90 Å². The summed E-state index contributed by atoms with van der Waals surface area (Å²) in [5, 5.41) is 9.53. The first kappa shape index (κ1) is 32.5. The summed E-state index contributed by atoms with van der Waals surface area (Å²) in [4.78, 5) is 26.4. The maximum Gasteiger partial charge on any atom is 0.460 e. The molecule has 1 amide bonds. The van der Waals surface area contributed by atoms with Crippen LogP contribution in [-0.4, -0.2) is 55.0 Å². The number of carbonyl (C=O) groups is 2. The number of rotatable bonds is 6. The van der Waals surface area contributed by atoms with Crippen LogP contribution in [0.4, 0.5) is 30.7 Å². The topological polar surface area (TPSA) is 91.8 Å². The SMILES string of the molecule is O=C(O)C1CCC(C(=O)N2CCC3(S(=O)(=O)c4ccc(Cl)cc4)c4ccc(C(F)(F)C(F)(F)C(F)(F)F)cc4CCC23)CC1. The highest BCUT2D eigenvalue weighted by Crippen LogP contribution is 2.56. The molecule has 2 aromatic rings. The van der Waals surface area contributed by atoms with E-state index in [9.17, 15) is 53.8 Å². The number of aryl methyl sites for hydroxylation is 1. The summed E-state index contributed by atoms with van der Waals surface area (Å²) in [6.07, 6.45) is -5.93. The lowest BCUT2D eigenvalue weighted by Crippen LogP contribution is -2.53. The standard InChI is InChI=1S/C29H27ClF7NO5S/c30-20-7-9-21(10-8-20)44(42,43)26-13-14-38(24(39)16-1-3-17(4-2-16)25(40)41)23(26)12-5-18-15-19(6-11-22(18)26)27(31,32)28(33,34)29(35,36)37/h6-11,15-17,23H,1-5,12-14H2,(H,40,41). The van der Waals surface area contributed by atoms with E-state index in [1.165, 1.54) is 29.2 Å². The number of carboxylic acids is 1. The zero-order chi connectivity index (χ0) is 32.5. The van der Waals surface area contributed by atoms with Crippen LogP contribution in [0.1, 0.15) is 55.2 Å². The van der Waals surface area contributed by atoms with Gasteiger partial charge in [-0.05, 0) is 86.4 Å². The van der Waals surface area contributed by atoms with Crippen molar-refractivity contribution in [2.24, 2.45) is 11.8 Å². The Labute approximate surface area is 253 Å². The summed E-state index contributed by atoms with van der Waals surface area (Å²) in [5.74, 6) is -14.5. The molecule has 6 nitrogen and oxygen atoms in total. The molecular weight excluding hydrogens is 643 g/mol. The van der Waals surface area contributed by atoms with Crippen LogP contribution in [0.2, 0.25) is 5.02 Å². The normalized spacial score (nSPS) is 26.2. The van der Waals surface area contributed by atoms with Crippen molar-refractivity contribution in [3.63, 3.8) is 0 Å². The monoisotopic (exact) mass is 669 g/mol. The van der Waals surface area contributed by atoms with Crippen LogP contribution in [-0.2, 0) is 36.5 Å². The molecule has 1 saturated heterocycles. The third-order valence-electron chi connectivity index (χ3n) is 9.31. The average Bonchev–Trinajstić information content (AvgIpc) is 3.38. The number of alkyl halides is 7. The highest BCUT2D eigenvalue weighted by molar-refractivity contribution is 7.92. The maximum atomic E-state index is 14.7. The van der Waals surface area contributed by atoms with E-state index in [-0.39, 0.29) is 78.4 Å². The summed E-state index contributed by atoms with van der Waals surface area (Å²) in [7, 11) is -4.45. The number of halogens is 8. The molecule has 44 heavy (non-hydrogen) atoms. The van der Waals surface area contributed by atoms with Crippen molar-refractivity contribution in [1.29, 1.82) is 0 Å². The van der Waals surface area contributed by atoms with E-state index in [1.54, 1.807) is 0 Å². The number of likely N-dealkylation sites (tertiary alicyclic amines) is 1. The Bertz CT molecular complexity index is 1570. The number of hydrogen-bond donors (Lipinski definition) is 1. The molecule has 2 aromatic carbocycles. The molecule has 0 aromatic heterocycles. The molecule has 2 atom stereocenters. The Morgan fingerprint density at radius 1 is 0.886 bits per heavy atom. The number of carboxylic acid groups (broad SMARTS) is 1. The van der Waals surface area contributed by atoms with Gasteiger partial charge in [-0.3, -0.25) is 9.59 Å². The van der Waals surface area contributed by atoms with Crippen LogP contribution in [0.3, 0.4) is 0 Å². The van der Waals surface area contributed by atoms with Crippen LogP contribution in [0, 0.1) is 11.8 Å². The van der Waals surface area contributed by atoms with Gasteiger partial charge in [-0.1, -0.05) is 23.7 Å². The third kappa shape index (κ3) is 4.87. The minimum atomic E-state index is -6.55. The lowest BCUT2D eigenvalue weighted by molar-refractivity contribution is -0.359. The molecule has 240 valence electrons. The zero-order valence-corrected chi connectivity index (χ0v) is 24.5. The number of fused-ring (bicyclic) bond motifs is 3. The van der Waals surface area contributed by atoms with E-state index in [0.717, 1.165) is 6.07 Å². The summed E-state index contributed by atoms with van der Waals surface area (Å²) in [5.41, 5.74) is -1.80. The number of hydrogen-bond acceptors (Lipinski definition) is 4. The predicted octanol–water partition coefficient (Wildman–Crippen LogP) is 6.74. The number of nitrogens with zero attached hydrogens (tertiary/aromatic N) is 1. The van der Waals surface area contributed by atoms with E-state index in [4.69, 9.17) is 11.6 Å². The molecule has 0 bridgehead atoms. The molecular formula is C29H27ClF7NO5S. The molecule has 5 rings (SSSR count). The van der Waals surface area contributed by atoms with E-state index in [2.05, 4.69) is 0 Å². The smallest absolute Gasteiger partial charge is 0.460 e. The van der Waals surface area contributed by atoms with Crippen molar-refractivity contribution in [2.45, 2.75) is 78.7 Å². The molecule has 2 unspecified atom stereocenters. The Kier molecular flexibility index (Phi) is 8.05. The van der Waals surface area contributed by atoms with Gasteiger partial charge in [0.25, 0.3) is 0 Å². The number of sulfone groups is 1. The van der Waals surface area contributed by atoms with E-state index < -0.39 is 62.0 Å². The first-order valence-corrected chi connectivity index (χ1v) is 15.7. The molecule has 2 aliphatic carbocycles. The van der Waals surface area contributed by atoms with Crippen LogP contribution >= 0.6 is 11.6 Å². The molecule has 1 aliphatic heterocycles. The highest BCUT2D eigenvalue weighted by Gasteiger charge is 2.73. The minimum absolute atomic E-state index is 0.0524. The van der Waals surface area contributed by atoms with Crippen LogP contribution in [0.15, 0.2) is 47.4 Å². The maximum absolute atomic E-state index is 14.7. The van der Waals surface area contributed by atoms with Gasteiger partial charge < -0.3 is 10.0 Å². The van der Waals surface area contributed by atoms with Gasteiger partial charge in [-0.15, -0.1) is 0 Å². The van der Waals surface area contributed by atoms with Gasteiger partial charge in [0, 0.05) is 23.0 Å². The van der Waals surface area contributed by atoms with E-state index in [0.29, 0.717) is 12.1 Å². The summed E-state index contributed by atoms with van der Waals surface area (Å²) < 4.78 is 123. The predicted molar refractivity (Wildman–Crippen MR) is 143 cm³/mol. The van der Waals surface area contributed by atoms with Crippen molar-refractivity contribution >= 4 is 33.3 Å². The van der Waals surface area contributed by atoms with E-state index in [1.807, 2.05) is 0 Å². The molecule has 0 spiro atoms. The second-order valence-electron chi connectivity index (χ2n) is 11.6. The molecule has 1 heterocycles. The van der Waals surface area contributed by atoms with Gasteiger partial charge in [0.05, 0.1) is 16.9 Å². The number of amides is 1. The highest BCUT2D eigenvalue weighted by atomic mass is 35.5. The summed E-state index contributed by atoms with van der Waals surface area (Å²) in [6, 6.07) is 5.86. The van der Waals surface area contributed by atoms with Crippen molar-refractivity contribution in [3.05, 3.63) is 64.2 Å². The van der Waals surface area contributed by atoms with Gasteiger partial charge in [-0.2, -0.15) is 30.7 Å². The average molecular weight is 670 g/mol. The van der Waals surface area contributed by atoms with Gasteiger partial charge in [0.1, 0.15) is 4.75 Å². The van der Waals surface area contributed by atoms with Crippen LogP contribution in [0.5, 0.6) is 0 Å². The molecule has 1 N–H and O–H groups in total. The van der Waals surface area contributed by atoms with Crippen molar-refractivity contribution < 1.29 is 53.8 Å². The van der Waals surface area contributed by atoms with Gasteiger partial charge >= 0.3 is 24.0 Å². The quantitative estimate of drug-likeness (QED) is 0.344. The number of benzene rings is 2. The molecule has 0 radical (unpaired) electrons. The fourth-order valence-corrected chi connectivity index (χ4v) is 9.48. The number of carbonyl (C=O) groups excluding carboxylic acids is 1. The molecule has 15 heteroatoms. The fourth-order valence-electron chi connectivity index (χ4n) is 6.99. The summed E-state index contributed by atoms with van der Waals surface area (Å²) >= 11 is 5.95.